The Labute approximate surface area is 121 Å². The number of piperidine rings is 1. The van der Waals surface area contributed by atoms with Crippen molar-refractivity contribution in [1.82, 2.24) is 20.2 Å². The lowest BCUT2D eigenvalue weighted by atomic mass is 9.92. The normalized spacial score (nSPS) is 23.7. The zero-order chi connectivity index (χ0) is 14.4. The Bertz CT molecular complexity index is 404. The summed E-state index contributed by atoms with van der Waals surface area (Å²) >= 11 is 0. The van der Waals surface area contributed by atoms with E-state index in [4.69, 9.17) is 0 Å². The maximum atomic E-state index is 12.2. The van der Waals surface area contributed by atoms with Gasteiger partial charge in [-0.25, -0.2) is 4.98 Å². The molecule has 2 atom stereocenters. The van der Waals surface area contributed by atoms with E-state index in [9.17, 15) is 4.79 Å². The van der Waals surface area contributed by atoms with Crippen LogP contribution in [0.25, 0.3) is 0 Å². The predicted octanol–water partition coefficient (Wildman–Crippen LogP) is 1.93. The van der Waals surface area contributed by atoms with Crippen molar-refractivity contribution in [3.63, 3.8) is 0 Å². The fourth-order valence-corrected chi connectivity index (χ4v) is 2.74. The number of amides is 1. The maximum Gasteiger partial charge on any atom is 0.224 e. The minimum absolute atomic E-state index is 0.131. The van der Waals surface area contributed by atoms with Gasteiger partial charge in [0.25, 0.3) is 0 Å². The van der Waals surface area contributed by atoms with E-state index in [1.165, 1.54) is 0 Å². The highest BCUT2D eigenvalue weighted by Crippen LogP contribution is 2.23. The van der Waals surface area contributed by atoms with E-state index in [1.807, 2.05) is 6.20 Å². The summed E-state index contributed by atoms with van der Waals surface area (Å²) in [7, 11) is 0. The average molecular weight is 278 g/mol. The molecule has 1 aliphatic rings. The number of H-pyrrole nitrogens is 1. The summed E-state index contributed by atoms with van der Waals surface area (Å²) in [6, 6.07) is 0.526. The molecule has 0 unspecified atom stereocenters. The largest absolute Gasteiger partial charge is 0.356 e. The van der Waals surface area contributed by atoms with Gasteiger partial charge in [0.15, 0.2) is 0 Å². The highest BCUT2D eigenvalue weighted by atomic mass is 16.1. The Balaban J connectivity index is 1.85. The molecule has 1 saturated heterocycles. The van der Waals surface area contributed by atoms with Crippen molar-refractivity contribution in [2.45, 2.75) is 52.1 Å². The number of nitrogens with zero attached hydrogens (tertiary/aromatic N) is 2. The van der Waals surface area contributed by atoms with E-state index >= 15 is 0 Å². The number of carbonyl (C=O) groups excluding carboxylic acids is 1. The standard InChI is InChI=1S/C15H26N4O/c1-3-4-7-17-15(20)13-6-5-12(2)19(9-13)10-14-8-16-11-18-14/h8,11-13H,3-7,9-10H2,1-2H3,(H,16,18)(H,17,20)/t12-,13-/m0/s1. The first kappa shape index (κ1) is 15.0. The molecule has 112 valence electrons. The maximum absolute atomic E-state index is 12.2. The van der Waals surface area contributed by atoms with E-state index in [2.05, 4.69) is 34.0 Å². The second-order valence-corrected chi connectivity index (χ2v) is 5.77. The fourth-order valence-electron chi connectivity index (χ4n) is 2.74. The highest BCUT2D eigenvalue weighted by Gasteiger charge is 2.29. The fraction of sp³-hybridized carbons (Fsp3) is 0.733. The number of hydrogen-bond donors (Lipinski definition) is 2. The van der Waals surface area contributed by atoms with Gasteiger partial charge in [-0.05, 0) is 26.2 Å². The molecule has 1 aromatic heterocycles. The molecule has 0 bridgehead atoms. The molecule has 5 nitrogen and oxygen atoms in total. The van der Waals surface area contributed by atoms with Crippen LogP contribution in [0, 0.1) is 5.92 Å². The monoisotopic (exact) mass is 278 g/mol. The predicted molar refractivity (Wildman–Crippen MR) is 79.1 cm³/mol. The third-order valence-corrected chi connectivity index (χ3v) is 4.14. The molecule has 0 spiro atoms. The zero-order valence-electron chi connectivity index (χ0n) is 12.6. The summed E-state index contributed by atoms with van der Waals surface area (Å²) in [6.07, 6.45) is 7.83. The molecule has 2 N–H and O–H groups in total. The molecule has 0 aliphatic carbocycles. The minimum Gasteiger partial charge on any atom is -0.356 e. The van der Waals surface area contributed by atoms with Crippen molar-refractivity contribution in [2.75, 3.05) is 13.1 Å². The van der Waals surface area contributed by atoms with Crippen molar-refractivity contribution in [2.24, 2.45) is 5.92 Å². The summed E-state index contributed by atoms with van der Waals surface area (Å²) in [5.41, 5.74) is 1.11. The lowest BCUT2D eigenvalue weighted by molar-refractivity contribution is -0.127. The van der Waals surface area contributed by atoms with Gasteiger partial charge in [-0.1, -0.05) is 13.3 Å². The van der Waals surface area contributed by atoms with E-state index < -0.39 is 0 Å². The van der Waals surface area contributed by atoms with Crippen LogP contribution in [-0.2, 0) is 11.3 Å². The Morgan fingerprint density at radius 2 is 2.40 bits per heavy atom. The molecule has 0 radical (unpaired) electrons. The molecule has 1 aromatic rings. The van der Waals surface area contributed by atoms with Gasteiger partial charge in [-0.15, -0.1) is 0 Å². The van der Waals surface area contributed by atoms with Crippen LogP contribution in [-0.4, -0.2) is 39.9 Å². The summed E-state index contributed by atoms with van der Waals surface area (Å²) in [6.45, 7) is 6.88. The van der Waals surface area contributed by atoms with Gasteiger partial charge in [-0.3, -0.25) is 9.69 Å². The molecule has 2 rings (SSSR count). The molecule has 20 heavy (non-hydrogen) atoms. The lowest BCUT2D eigenvalue weighted by Gasteiger charge is -2.37. The molecule has 5 heteroatoms. The van der Waals surface area contributed by atoms with Crippen LogP contribution in [0.1, 0.15) is 45.2 Å². The van der Waals surface area contributed by atoms with Gasteiger partial charge in [0.2, 0.25) is 5.91 Å². The van der Waals surface area contributed by atoms with Crippen LogP contribution in [0.2, 0.25) is 0 Å². The molecule has 2 heterocycles. The van der Waals surface area contributed by atoms with Crippen LogP contribution >= 0.6 is 0 Å². The number of rotatable bonds is 6. The van der Waals surface area contributed by atoms with Gasteiger partial charge in [0.05, 0.1) is 12.2 Å². The van der Waals surface area contributed by atoms with E-state index in [1.54, 1.807) is 6.33 Å². The van der Waals surface area contributed by atoms with Gasteiger partial charge < -0.3 is 10.3 Å². The highest BCUT2D eigenvalue weighted by molar-refractivity contribution is 5.78. The number of hydrogen-bond acceptors (Lipinski definition) is 3. The molecule has 1 amide bonds. The molecule has 1 fully saturated rings. The van der Waals surface area contributed by atoms with Crippen molar-refractivity contribution < 1.29 is 4.79 Å². The van der Waals surface area contributed by atoms with Crippen LogP contribution in [0.15, 0.2) is 12.5 Å². The summed E-state index contributed by atoms with van der Waals surface area (Å²) in [5, 5.41) is 3.06. The molecule has 0 saturated carbocycles. The Kier molecular flexibility index (Phi) is 5.59. The second kappa shape index (κ2) is 7.43. The smallest absolute Gasteiger partial charge is 0.224 e. The van der Waals surface area contributed by atoms with E-state index in [-0.39, 0.29) is 11.8 Å². The van der Waals surface area contributed by atoms with Gasteiger partial charge in [0.1, 0.15) is 0 Å². The van der Waals surface area contributed by atoms with Crippen molar-refractivity contribution in [3.05, 3.63) is 18.2 Å². The molecule has 1 aliphatic heterocycles. The summed E-state index contributed by atoms with van der Waals surface area (Å²) < 4.78 is 0. The number of aromatic amines is 1. The van der Waals surface area contributed by atoms with E-state index in [0.717, 1.165) is 51.0 Å². The lowest BCUT2D eigenvalue weighted by Crippen LogP contribution is -2.46. The number of unbranched alkanes of at least 4 members (excludes halogenated alkanes) is 1. The van der Waals surface area contributed by atoms with Crippen LogP contribution in [0.3, 0.4) is 0 Å². The summed E-state index contributed by atoms with van der Waals surface area (Å²) in [5.74, 6) is 0.353. The third-order valence-electron chi connectivity index (χ3n) is 4.14. The molecular weight excluding hydrogens is 252 g/mol. The third kappa shape index (κ3) is 4.07. The van der Waals surface area contributed by atoms with Gasteiger partial charge >= 0.3 is 0 Å². The first-order valence-corrected chi connectivity index (χ1v) is 7.69. The number of aromatic nitrogens is 2. The van der Waals surface area contributed by atoms with Crippen LogP contribution in [0.5, 0.6) is 0 Å². The molecular formula is C15H26N4O. The number of likely N-dealkylation sites (tertiary alicyclic amines) is 1. The van der Waals surface area contributed by atoms with Crippen molar-refractivity contribution in [3.8, 4) is 0 Å². The summed E-state index contributed by atoms with van der Waals surface area (Å²) in [4.78, 5) is 21.7. The Morgan fingerprint density at radius 1 is 1.55 bits per heavy atom. The second-order valence-electron chi connectivity index (χ2n) is 5.77. The average Bonchev–Trinajstić information content (AvgIpc) is 2.94. The minimum atomic E-state index is 0.131. The molecule has 0 aromatic carbocycles. The van der Waals surface area contributed by atoms with E-state index in [0.29, 0.717) is 6.04 Å². The van der Waals surface area contributed by atoms with Gasteiger partial charge in [0, 0.05) is 37.6 Å². The van der Waals surface area contributed by atoms with Gasteiger partial charge in [-0.2, -0.15) is 0 Å². The first-order valence-electron chi connectivity index (χ1n) is 7.69. The van der Waals surface area contributed by atoms with Crippen molar-refractivity contribution in [1.29, 1.82) is 0 Å². The quantitative estimate of drug-likeness (QED) is 0.782. The topological polar surface area (TPSA) is 61.0 Å². The van der Waals surface area contributed by atoms with Crippen LogP contribution in [0.4, 0.5) is 0 Å². The van der Waals surface area contributed by atoms with Crippen molar-refractivity contribution >= 4 is 5.91 Å². The van der Waals surface area contributed by atoms with Crippen LogP contribution < -0.4 is 5.32 Å². The number of imidazole rings is 1. The number of carbonyl (C=O) groups is 1. The Hall–Kier alpha value is -1.36. The number of nitrogens with one attached hydrogen (secondary N) is 2. The Morgan fingerprint density at radius 3 is 3.10 bits per heavy atom. The zero-order valence-corrected chi connectivity index (χ0v) is 12.6. The first-order chi connectivity index (χ1) is 9.70. The SMILES string of the molecule is CCCCNC(=O)[C@H]1CC[C@H](C)N(Cc2cnc[nH]2)C1.